The van der Waals surface area contributed by atoms with Crippen LogP contribution in [0.2, 0.25) is 0 Å². The van der Waals surface area contributed by atoms with Crippen molar-refractivity contribution in [1.29, 1.82) is 0 Å². The zero-order valence-electron chi connectivity index (χ0n) is 15.5. The Balaban J connectivity index is 1.51. The molecule has 1 aromatic carbocycles. The van der Waals surface area contributed by atoms with E-state index in [4.69, 9.17) is 4.74 Å². The van der Waals surface area contributed by atoms with Gasteiger partial charge in [-0.2, -0.15) is 0 Å². The molecule has 1 saturated carbocycles. The minimum Gasteiger partial charge on any atom is -0.454 e. The summed E-state index contributed by atoms with van der Waals surface area (Å²) in [7, 11) is 0. The Hall–Kier alpha value is -1.26. The molecular formula is C19H19Br3N2O5. The first-order valence-corrected chi connectivity index (χ1v) is 11.6. The predicted molar refractivity (Wildman–Crippen MR) is 117 cm³/mol. The van der Waals surface area contributed by atoms with Gasteiger partial charge in [0.2, 0.25) is 11.8 Å². The number of aryl methyl sites for hydroxylation is 1. The topological polar surface area (TPSA) is 92.8 Å². The number of alkyl halides is 2. The monoisotopic (exact) mass is 592 g/mol. The molecule has 10 heteroatoms. The number of esters is 1. The van der Waals surface area contributed by atoms with E-state index in [0.717, 1.165) is 14.9 Å². The molecule has 3 rings (SSSR count). The number of anilines is 1. The van der Waals surface area contributed by atoms with Crippen LogP contribution in [0.1, 0.15) is 18.4 Å². The molecule has 1 aliphatic heterocycles. The van der Waals surface area contributed by atoms with E-state index < -0.39 is 36.9 Å². The van der Waals surface area contributed by atoms with Crippen molar-refractivity contribution in [3.8, 4) is 0 Å². The summed E-state index contributed by atoms with van der Waals surface area (Å²) in [4.78, 5) is 50.4. The molecule has 29 heavy (non-hydrogen) atoms. The lowest BCUT2D eigenvalue weighted by Crippen LogP contribution is -2.37. The highest BCUT2D eigenvalue weighted by atomic mass is 79.9. The van der Waals surface area contributed by atoms with Gasteiger partial charge >= 0.3 is 5.97 Å². The number of likely N-dealkylation sites (tertiary alicyclic amines) is 1. The van der Waals surface area contributed by atoms with Gasteiger partial charge in [-0.05, 0) is 43.5 Å². The fraction of sp³-hybridized carbons (Fsp3) is 0.474. The van der Waals surface area contributed by atoms with Crippen LogP contribution in [-0.4, -0.2) is 51.4 Å². The van der Waals surface area contributed by atoms with Crippen molar-refractivity contribution in [2.24, 2.45) is 11.8 Å². The standard InChI is InChI=1S/C19H19Br3N2O5/c1-9-4-10(2-3-13(9)20)23-16(25)8-29-17(26)7-24-18(27)11-5-14(21)15(22)6-12(11)19(24)28/h2-4,11-12,14-15H,5-8H2,1H3,(H,23,25)/t11-,12+,14+,15-. The number of ether oxygens (including phenoxy) is 1. The molecule has 0 aromatic heterocycles. The highest BCUT2D eigenvalue weighted by Gasteiger charge is 2.52. The van der Waals surface area contributed by atoms with Crippen molar-refractivity contribution in [2.45, 2.75) is 29.4 Å². The molecule has 1 aliphatic carbocycles. The van der Waals surface area contributed by atoms with Crippen LogP contribution in [0, 0.1) is 18.8 Å². The fourth-order valence-corrected chi connectivity index (χ4v) is 5.04. The number of hydrogen-bond acceptors (Lipinski definition) is 5. The van der Waals surface area contributed by atoms with Gasteiger partial charge in [0.1, 0.15) is 6.54 Å². The highest BCUT2D eigenvalue weighted by molar-refractivity contribution is 9.12. The van der Waals surface area contributed by atoms with E-state index in [0.29, 0.717) is 18.5 Å². The molecular weight excluding hydrogens is 576 g/mol. The summed E-state index contributed by atoms with van der Waals surface area (Å²) in [6.45, 7) is 0.913. The first-order chi connectivity index (χ1) is 13.7. The van der Waals surface area contributed by atoms with E-state index >= 15 is 0 Å². The van der Waals surface area contributed by atoms with Crippen LogP contribution in [0.15, 0.2) is 22.7 Å². The minimum atomic E-state index is -0.793. The molecule has 156 valence electrons. The van der Waals surface area contributed by atoms with Gasteiger partial charge in [0.15, 0.2) is 6.61 Å². The molecule has 0 radical (unpaired) electrons. The lowest BCUT2D eigenvalue weighted by molar-refractivity contribution is -0.154. The average molecular weight is 595 g/mol. The number of fused-ring (bicyclic) bond motifs is 1. The van der Waals surface area contributed by atoms with Gasteiger partial charge in [0, 0.05) is 19.8 Å². The number of nitrogens with zero attached hydrogens (tertiary/aromatic N) is 1. The van der Waals surface area contributed by atoms with Crippen LogP contribution >= 0.6 is 47.8 Å². The molecule has 4 atom stereocenters. The van der Waals surface area contributed by atoms with Crippen LogP contribution in [-0.2, 0) is 23.9 Å². The Bertz CT molecular complexity index is 834. The number of rotatable bonds is 5. The summed E-state index contributed by atoms with van der Waals surface area (Å²) in [6.07, 6.45) is 1.07. The zero-order valence-corrected chi connectivity index (χ0v) is 20.3. The smallest absolute Gasteiger partial charge is 0.326 e. The summed E-state index contributed by atoms with van der Waals surface area (Å²) in [6, 6.07) is 5.30. The number of amides is 3. The maximum atomic E-state index is 12.6. The van der Waals surface area contributed by atoms with E-state index in [1.165, 1.54) is 0 Å². The van der Waals surface area contributed by atoms with Gasteiger partial charge < -0.3 is 10.1 Å². The van der Waals surface area contributed by atoms with Gasteiger partial charge in [0.25, 0.3) is 5.91 Å². The molecule has 0 spiro atoms. The Morgan fingerprint density at radius 2 is 1.72 bits per heavy atom. The molecule has 0 bridgehead atoms. The summed E-state index contributed by atoms with van der Waals surface area (Å²) in [5.74, 6) is -2.84. The van der Waals surface area contributed by atoms with E-state index in [-0.39, 0.29) is 21.5 Å². The third kappa shape index (κ3) is 5.08. The number of imide groups is 1. The number of halogens is 3. The second-order valence-electron chi connectivity index (χ2n) is 7.15. The van der Waals surface area contributed by atoms with Crippen LogP contribution in [0.25, 0.3) is 0 Å². The largest absolute Gasteiger partial charge is 0.454 e. The highest BCUT2D eigenvalue weighted by Crippen LogP contribution is 2.43. The lowest BCUT2D eigenvalue weighted by atomic mass is 9.81. The van der Waals surface area contributed by atoms with E-state index in [1.807, 2.05) is 6.92 Å². The second kappa shape index (κ2) is 9.26. The Labute approximate surface area is 193 Å². The number of hydrogen-bond donors (Lipinski definition) is 1. The first kappa shape index (κ1) is 22.4. The summed E-state index contributed by atoms with van der Waals surface area (Å²) >= 11 is 10.4. The van der Waals surface area contributed by atoms with E-state index in [1.54, 1.807) is 18.2 Å². The molecule has 3 amide bonds. The fourth-order valence-electron chi connectivity index (χ4n) is 3.56. The quantitative estimate of drug-likeness (QED) is 0.321. The van der Waals surface area contributed by atoms with Crippen molar-refractivity contribution in [1.82, 2.24) is 4.90 Å². The summed E-state index contributed by atoms with van der Waals surface area (Å²) < 4.78 is 5.88. The maximum Gasteiger partial charge on any atom is 0.326 e. The molecule has 2 fully saturated rings. The normalized spacial score (nSPS) is 26.3. The molecule has 1 saturated heterocycles. The van der Waals surface area contributed by atoms with Gasteiger partial charge in [-0.1, -0.05) is 47.8 Å². The first-order valence-electron chi connectivity index (χ1n) is 9.02. The second-order valence-corrected chi connectivity index (χ2v) is 10.4. The number of carbonyl (C=O) groups excluding carboxylic acids is 4. The molecule has 1 heterocycles. The molecule has 1 N–H and O–H groups in total. The average Bonchev–Trinajstić information content (AvgIpc) is 2.88. The van der Waals surface area contributed by atoms with Gasteiger partial charge in [-0.25, -0.2) is 0 Å². The third-order valence-corrected chi connectivity index (χ3v) is 8.72. The van der Waals surface area contributed by atoms with Crippen LogP contribution < -0.4 is 5.32 Å². The number of benzene rings is 1. The van der Waals surface area contributed by atoms with Gasteiger partial charge in [-0.15, -0.1) is 0 Å². The van der Waals surface area contributed by atoms with Crippen molar-refractivity contribution in [3.05, 3.63) is 28.2 Å². The maximum absolute atomic E-state index is 12.6. The van der Waals surface area contributed by atoms with Crippen molar-refractivity contribution in [2.75, 3.05) is 18.5 Å². The van der Waals surface area contributed by atoms with Crippen LogP contribution in [0.4, 0.5) is 5.69 Å². The minimum absolute atomic E-state index is 0.0957. The summed E-state index contributed by atoms with van der Waals surface area (Å²) in [5, 5.41) is 2.63. The number of nitrogens with one attached hydrogen (secondary N) is 1. The van der Waals surface area contributed by atoms with Crippen molar-refractivity contribution < 1.29 is 23.9 Å². The van der Waals surface area contributed by atoms with Crippen LogP contribution in [0.3, 0.4) is 0 Å². The Morgan fingerprint density at radius 3 is 2.28 bits per heavy atom. The molecule has 0 unspecified atom stereocenters. The van der Waals surface area contributed by atoms with Crippen molar-refractivity contribution >= 4 is 77.2 Å². The molecule has 1 aromatic rings. The van der Waals surface area contributed by atoms with Gasteiger partial charge in [0.05, 0.1) is 11.8 Å². The van der Waals surface area contributed by atoms with Crippen molar-refractivity contribution in [3.63, 3.8) is 0 Å². The SMILES string of the molecule is Cc1cc(NC(=O)COC(=O)CN2C(=O)[C@H]3C[C@@H](Br)[C@@H](Br)C[C@H]3C2=O)ccc1Br. The third-order valence-electron chi connectivity index (χ3n) is 5.10. The zero-order chi connectivity index (χ0) is 21.3. The molecule has 7 nitrogen and oxygen atoms in total. The number of carbonyl (C=O) groups is 4. The summed E-state index contributed by atoms with van der Waals surface area (Å²) in [5.41, 5.74) is 1.53. The van der Waals surface area contributed by atoms with Gasteiger partial charge in [-0.3, -0.25) is 24.1 Å². The Morgan fingerprint density at radius 1 is 1.14 bits per heavy atom. The van der Waals surface area contributed by atoms with E-state index in [2.05, 4.69) is 53.1 Å². The predicted octanol–water partition coefficient (Wildman–Crippen LogP) is 3.16. The van der Waals surface area contributed by atoms with Crippen LogP contribution in [0.5, 0.6) is 0 Å². The molecule has 2 aliphatic rings. The lowest BCUT2D eigenvalue weighted by Gasteiger charge is -2.29. The Kier molecular flexibility index (Phi) is 7.16. The van der Waals surface area contributed by atoms with E-state index in [9.17, 15) is 19.2 Å².